The Hall–Kier alpha value is -6.07. The van der Waals surface area contributed by atoms with Gasteiger partial charge in [-0.2, -0.15) is 0 Å². The van der Waals surface area contributed by atoms with E-state index in [-0.39, 0.29) is 110 Å². The van der Waals surface area contributed by atoms with Crippen LogP contribution in [0.3, 0.4) is 0 Å². The first-order chi connectivity index (χ1) is 35.3. The summed E-state index contributed by atoms with van der Waals surface area (Å²) < 4.78 is 49.3. The number of esters is 9. The van der Waals surface area contributed by atoms with Gasteiger partial charge in [-0.1, -0.05) is 26.5 Å². The van der Waals surface area contributed by atoms with Gasteiger partial charge in [-0.25, -0.2) is 14.4 Å². The SMILES string of the molecule is C=CC(=O)OCCCCOC(=O)C1CCC(OC(=O)C2CCC(C(=O)Oc3ccc(OC(=O)C4CCC(C(=O)OC5CCC(C(=O)OCCCCOC(=O)C=C)CC5)CC4)c(C(=O)OCCCC)c3)CC2)CC1. The van der Waals surface area contributed by atoms with Crippen molar-refractivity contribution in [3.63, 3.8) is 0 Å². The van der Waals surface area contributed by atoms with Crippen molar-refractivity contribution < 1.29 is 85.8 Å². The van der Waals surface area contributed by atoms with E-state index in [9.17, 15) is 43.2 Å². The summed E-state index contributed by atoms with van der Waals surface area (Å²) in [6.07, 6.45) is 12.9. The lowest BCUT2D eigenvalue weighted by molar-refractivity contribution is -0.161. The van der Waals surface area contributed by atoms with Gasteiger partial charge in [-0.3, -0.25) is 28.8 Å². The van der Waals surface area contributed by atoms with Gasteiger partial charge in [0, 0.05) is 12.2 Å². The average molecular weight is 1020 g/mol. The molecule has 4 aliphatic carbocycles. The molecule has 0 amide bonds. The zero-order valence-corrected chi connectivity index (χ0v) is 42.4. The van der Waals surface area contributed by atoms with Crippen LogP contribution in [0.25, 0.3) is 0 Å². The first-order valence-electron chi connectivity index (χ1n) is 26.4. The number of benzene rings is 1. The summed E-state index contributed by atoms with van der Waals surface area (Å²) >= 11 is 0. The topological polar surface area (TPSA) is 237 Å². The molecule has 0 radical (unpaired) electrons. The van der Waals surface area contributed by atoms with Crippen LogP contribution in [0.5, 0.6) is 11.5 Å². The lowest BCUT2D eigenvalue weighted by Gasteiger charge is -2.30. The van der Waals surface area contributed by atoms with E-state index in [0.29, 0.717) is 135 Å². The Kier molecular flexibility index (Phi) is 24.4. The number of unbranched alkanes of at least 4 members (excludes halogenated alkanes) is 3. The van der Waals surface area contributed by atoms with Gasteiger partial charge < -0.3 is 42.6 Å². The summed E-state index contributed by atoms with van der Waals surface area (Å²) in [4.78, 5) is 114. The lowest BCUT2D eigenvalue weighted by Crippen LogP contribution is -2.33. The maximum atomic E-state index is 13.5. The quantitative estimate of drug-likeness (QED) is 0.0278. The predicted molar refractivity (Wildman–Crippen MR) is 260 cm³/mol. The third-order valence-electron chi connectivity index (χ3n) is 14.1. The van der Waals surface area contributed by atoms with E-state index < -0.39 is 41.7 Å². The van der Waals surface area contributed by atoms with E-state index in [1.165, 1.54) is 18.2 Å². The molecule has 18 heteroatoms. The Labute approximate surface area is 427 Å². The van der Waals surface area contributed by atoms with Crippen molar-refractivity contribution in [1.82, 2.24) is 0 Å². The Morgan fingerprint density at radius 2 is 0.795 bits per heavy atom. The molecule has 1 aromatic rings. The standard InChI is InChI=1S/C55H74O18/c1-4-7-30-69-55(64)45-35-44(72-53(62)40-14-12-38(13-15-40)51(60)70-42-24-20-36(21-25-42)49(58)67-33-10-8-31-65-47(56)5-2)28-29-46(45)73-54(63)41-18-16-39(17-19-41)52(61)71-43-26-22-37(23-27-43)50(59)68-34-11-9-32-66-48(57)6-3/h5-6,28-29,35-43H,2-4,7-27,30-34H2,1H3. The number of carbonyl (C=O) groups excluding carboxylic acids is 9. The van der Waals surface area contributed by atoms with Gasteiger partial charge in [-0.05, 0) is 153 Å². The van der Waals surface area contributed by atoms with Crippen molar-refractivity contribution in [2.45, 2.75) is 160 Å². The van der Waals surface area contributed by atoms with Crippen LogP contribution in [0.4, 0.5) is 0 Å². The van der Waals surface area contributed by atoms with E-state index in [0.717, 1.165) is 18.6 Å². The highest BCUT2D eigenvalue weighted by molar-refractivity contribution is 5.94. The Morgan fingerprint density at radius 3 is 1.21 bits per heavy atom. The number of hydrogen-bond donors (Lipinski definition) is 0. The van der Waals surface area contributed by atoms with Crippen molar-refractivity contribution >= 4 is 53.7 Å². The van der Waals surface area contributed by atoms with E-state index in [2.05, 4.69) is 13.2 Å². The molecule has 4 fully saturated rings. The van der Waals surface area contributed by atoms with Crippen LogP contribution < -0.4 is 9.47 Å². The molecule has 4 saturated carbocycles. The molecule has 18 nitrogen and oxygen atoms in total. The maximum absolute atomic E-state index is 13.5. The summed E-state index contributed by atoms with van der Waals surface area (Å²) in [6.45, 7) is 9.71. The minimum Gasteiger partial charge on any atom is -0.465 e. The molecule has 0 N–H and O–H groups in total. The fourth-order valence-corrected chi connectivity index (χ4v) is 9.54. The van der Waals surface area contributed by atoms with Crippen LogP contribution >= 0.6 is 0 Å². The minimum atomic E-state index is -0.739. The summed E-state index contributed by atoms with van der Waals surface area (Å²) in [5, 5.41) is 0. The van der Waals surface area contributed by atoms with Crippen molar-refractivity contribution in [3.8, 4) is 11.5 Å². The Bertz CT molecular complexity index is 2050. The van der Waals surface area contributed by atoms with Gasteiger partial charge in [0.1, 0.15) is 29.3 Å². The number of rotatable bonds is 26. The normalized spacial score (nSPS) is 23.7. The fraction of sp³-hybridized carbons (Fsp3) is 0.655. The third kappa shape index (κ3) is 19.4. The van der Waals surface area contributed by atoms with Crippen molar-refractivity contribution in [2.75, 3.05) is 33.0 Å². The highest BCUT2D eigenvalue weighted by atomic mass is 16.6. The van der Waals surface area contributed by atoms with E-state index in [1.54, 1.807) is 0 Å². The van der Waals surface area contributed by atoms with E-state index >= 15 is 0 Å². The Balaban J connectivity index is 1.01. The van der Waals surface area contributed by atoms with Crippen LogP contribution in [-0.4, -0.2) is 99.0 Å². The fourth-order valence-electron chi connectivity index (χ4n) is 9.54. The van der Waals surface area contributed by atoms with Crippen LogP contribution in [0.2, 0.25) is 0 Å². The molecular weight excluding hydrogens is 949 g/mol. The summed E-state index contributed by atoms with van der Waals surface area (Å²) in [7, 11) is 0. The van der Waals surface area contributed by atoms with Crippen LogP contribution in [0.1, 0.15) is 159 Å². The van der Waals surface area contributed by atoms with Crippen molar-refractivity contribution in [3.05, 3.63) is 49.1 Å². The number of ether oxygens (including phenoxy) is 9. The van der Waals surface area contributed by atoms with Crippen molar-refractivity contribution in [1.29, 1.82) is 0 Å². The van der Waals surface area contributed by atoms with Crippen molar-refractivity contribution in [2.24, 2.45) is 35.5 Å². The predicted octanol–water partition coefficient (Wildman–Crippen LogP) is 8.38. The molecule has 0 atom stereocenters. The second kappa shape index (κ2) is 30.8. The smallest absolute Gasteiger partial charge is 0.342 e. The summed E-state index contributed by atoms with van der Waals surface area (Å²) in [6, 6.07) is 4.18. The highest BCUT2D eigenvalue weighted by Crippen LogP contribution is 2.36. The van der Waals surface area contributed by atoms with E-state index in [1.807, 2.05) is 6.92 Å². The van der Waals surface area contributed by atoms with Gasteiger partial charge in [0.15, 0.2) is 0 Å². The second-order valence-electron chi connectivity index (χ2n) is 19.4. The minimum absolute atomic E-state index is 0.0382. The molecule has 73 heavy (non-hydrogen) atoms. The number of carbonyl (C=O) groups is 9. The monoisotopic (exact) mass is 1020 g/mol. The average Bonchev–Trinajstić information content (AvgIpc) is 3.41. The summed E-state index contributed by atoms with van der Waals surface area (Å²) in [5.74, 6) is -6.26. The first kappa shape index (κ1) is 57.8. The lowest BCUT2D eigenvalue weighted by atomic mass is 9.82. The molecule has 0 heterocycles. The van der Waals surface area contributed by atoms with Crippen LogP contribution in [0, 0.1) is 35.5 Å². The van der Waals surface area contributed by atoms with Gasteiger partial charge in [0.2, 0.25) is 0 Å². The molecule has 0 bridgehead atoms. The number of hydrogen-bond acceptors (Lipinski definition) is 18. The second-order valence-corrected chi connectivity index (χ2v) is 19.4. The van der Waals surface area contributed by atoms with Gasteiger partial charge >= 0.3 is 53.7 Å². The van der Waals surface area contributed by atoms with Gasteiger partial charge in [-0.15, -0.1) is 0 Å². The molecule has 0 saturated heterocycles. The molecule has 4 aliphatic rings. The zero-order chi connectivity index (χ0) is 52.5. The zero-order valence-electron chi connectivity index (χ0n) is 42.4. The van der Waals surface area contributed by atoms with E-state index in [4.69, 9.17) is 42.6 Å². The van der Waals surface area contributed by atoms with Crippen LogP contribution in [-0.2, 0) is 71.5 Å². The third-order valence-corrected chi connectivity index (χ3v) is 14.1. The molecular formula is C55H74O18. The summed E-state index contributed by atoms with van der Waals surface area (Å²) in [5.41, 5.74) is -0.0724. The highest BCUT2D eigenvalue weighted by Gasteiger charge is 2.37. The molecule has 402 valence electrons. The van der Waals surface area contributed by atoms with Crippen LogP contribution in [0.15, 0.2) is 43.5 Å². The molecule has 0 aliphatic heterocycles. The molecule has 0 aromatic heterocycles. The van der Waals surface area contributed by atoms with Gasteiger partial charge in [0.05, 0.1) is 68.5 Å². The molecule has 0 spiro atoms. The Morgan fingerprint density at radius 1 is 0.438 bits per heavy atom. The molecule has 5 rings (SSSR count). The van der Waals surface area contributed by atoms with Gasteiger partial charge in [0.25, 0.3) is 0 Å². The first-order valence-corrected chi connectivity index (χ1v) is 26.4. The molecule has 0 unspecified atom stereocenters. The largest absolute Gasteiger partial charge is 0.465 e. The maximum Gasteiger partial charge on any atom is 0.342 e. The molecule has 1 aromatic carbocycles.